The summed E-state index contributed by atoms with van der Waals surface area (Å²) >= 11 is 0. The number of nitrogens with one attached hydrogen (secondary N) is 1. The van der Waals surface area contributed by atoms with Gasteiger partial charge in [0.05, 0.1) is 6.54 Å². The van der Waals surface area contributed by atoms with Crippen LogP contribution in [0.25, 0.3) is 0 Å². The average Bonchev–Trinajstić information content (AvgIpc) is 3.06. The zero-order chi connectivity index (χ0) is 14.4. The Labute approximate surface area is 123 Å². The Morgan fingerprint density at radius 2 is 2.05 bits per heavy atom. The standard InChI is InChI=1S/C16H30N4/c1-4-8-20-11-7-18-16(20)13-17-12-15(14(2)3)19-9-5-6-10-19/h7,11,14-15,17H,4-6,8-10,12-13H2,1-3H3. The molecule has 1 aliphatic rings. The summed E-state index contributed by atoms with van der Waals surface area (Å²) in [6, 6.07) is 0.659. The number of rotatable bonds is 8. The molecule has 20 heavy (non-hydrogen) atoms. The predicted molar refractivity (Wildman–Crippen MR) is 83.7 cm³/mol. The quantitative estimate of drug-likeness (QED) is 0.793. The highest BCUT2D eigenvalue weighted by molar-refractivity contribution is 4.92. The molecule has 0 bridgehead atoms. The Balaban J connectivity index is 1.82. The summed E-state index contributed by atoms with van der Waals surface area (Å²) in [6.07, 6.45) is 7.88. The highest BCUT2D eigenvalue weighted by atomic mass is 15.2. The maximum absolute atomic E-state index is 4.46. The lowest BCUT2D eigenvalue weighted by molar-refractivity contribution is 0.186. The average molecular weight is 278 g/mol. The monoisotopic (exact) mass is 278 g/mol. The summed E-state index contributed by atoms with van der Waals surface area (Å²) in [4.78, 5) is 7.11. The molecule has 1 N–H and O–H groups in total. The van der Waals surface area contributed by atoms with Gasteiger partial charge in [0.1, 0.15) is 5.82 Å². The third kappa shape index (κ3) is 4.06. The first kappa shape index (κ1) is 15.5. The Kier molecular flexibility index (Phi) is 6.05. The zero-order valence-electron chi connectivity index (χ0n) is 13.3. The number of likely N-dealkylation sites (tertiary alicyclic amines) is 1. The Morgan fingerprint density at radius 1 is 1.30 bits per heavy atom. The van der Waals surface area contributed by atoms with Gasteiger partial charge in [0.2, 0.25) is 0 Å². The van der Waals surface area contributed by atoms with E-state index in [1.807, 2.05) is 6.20 Å². The molecule has 0 spiro atoms. The van der Waals surface area contributed by atoms with Gasteiger partial charge in [-0.2, -0.15) is 0 Å². The molecule has 0 saturated carbocycles. The molecule has 2 rings (SSSR count). The summed E-state index contributed by atoms with van der Waals surface area (Å²) < 4.78 is 2.26. The van der Waals surface area contributed by atoms with Gasteiger partial charge in [-0.05, 0) is 38.3 Å². The first-order chi connectivity index (χ1) is 9.72. The van der Waals surface area contributed by atoms with Crippen LogP contribution in [0.2, 0.25) is 0 Å². The smallest absolute Gasteiger partial charge is 0.122 e. The first-order valence-corrected chi connectivity index (χ1v) is 8.17. The van der Waals surface area contributed by atoms with Crippen molar-refractivity contribution in [3.8, 4) is 0 Å². The number of aryl methyl sites for hydroxylation is 1. The second-order valence-corrected chi connectivity index (χ2v) is 6.22. The van der Waals surface area contributed by atoms with Crippen LogP contribution < -0.4 is 5.32 Å². The molecule has 1 fully saturated rings. The highest BCUT2D eigenvalue weighted by Gasteiger charge is 2.24. The van der Waals surface area contributed by atoms with Crippen molar-refractivity contribution in [1.29, 1.82) is 0 Å². The maximum atomic E-state index is 4.46. The van der Waals surface area contributed by atoms with Gasteiger partial charge in [0.15, 0.2) is 0 Å². The summed E-state index contributed by atoms with van der Waals surface area (Å²) in [7, 11) is 0. The van der Waals surface area contributed by atoms with Crippen LogP contribution in [0.1, 0.15) is 45.9 Å². The van der Waals surface area contributed by atoms with E-state index in [1.165, 1.54) is 25.9 Å². The Hall–Kier alpha value is -0.870. The lowest BCUT2D eigenvalue weighted by Crippen LogP contribution is -2.44. The van der Waals surface area contributed by atoms with Crippen LogP contribution in [-0.2, 0) is 13.1 Å². The van der Waals surface area contributed by atoms with Gasteiger partial charge in [-0.1, -0.05) is 20.8 Å². The van der Waals surface area contributed by atoms with Gasteiger partial charge in [-0.3, -0.25) is 4.90 Å². The van der Waals surface area contributed by atoms with E-state index < -0.39 is 0 Å². The fraction of sp³-hybridized carbons (Fsp3) is 0.812. The minimum Gasteiger partial charge on any atom is -0.334 e. The van der Waals surface area contributed by atoms with Crippen LogP contribution in [0.4, 0.5) is 0 Å². The molecule has 0 aromatic carbocycles. The third-order valence-electron chi connectivity index (χ3n) is 4.28. The van der Waals surface area contributed by atoms with Crippen LogP contribution in [0.5, 0.6) is 0 Å². The van der Waals surface area contributed by atoms with Crippen molar-refractivity contribution in [3.63, 3.8) is 0 Å². The number of nitrogens with zero attached hydrogens (tertiary/aromatic N) is 3. The second kappa shape index (κ2) is 7.79. The minimum atomic E-state index is 0.659. The Bertz CT molecular complexity index is 380. The van der Waals surface area contributed by atoms with E-state index in [1.54, 1.807) is 0 Å². The molecule has 1 saturated heterocycles. The van der Waals surface area contributed by atoms with Crippen LogP contribution in [0.3, 0.4) is 0 Å². The number of imidazole rings is 1. The van der Waals surface area contributed by atoms with Crippen LogP contribution in [0, 0.1) is 5.92 Å². The van der Waals surface area contributed by atoms with E-state index in [9.17, 15) is 0 Å². The van der Waals surface area contributed by atoms with E-state index in [0.717, 1.165) is 31.9 Å². The van der Waals surface area contributed by atoms with Crippen molar-refractivity contribution in [2.45, 2.75) is 59.2 Å². The number of aromatic nitrogens is 2. The topological polar surface area (TPSA) is 33.1 Å². The van der Waals surface area contributed by atoms with E-state index in [4.69, 9.17) is 0 Å². The minimum absolute atomic E-state index is 0.659. The largest absolute Gasteiger partial charge is 0.334 e. The molecule has 4 heteroatoms. The molecule has 1 aliphatic heterocycles. The molecule has 1 aromatic heterocycles. The molecule has 2 heterocycles. The number of hydrogen-bond acceptors (Lipinski definition) is 3. The van der Waals surface area contributed by atoms with E-state index in [2.05, 4.69) is 46.7 Å². The van der Waals surface area contributed by atoms with Gasteiger partial charge < -0.3 is 9.88 Å². The van der Waals surface area contributed by atoms with Crippen molar-refractivity contribution >= 4 is 0 Å². The lowest BCUT2D eigenvalue weighted by Gasteiger charge is -2.31. The molecule has 0 amide bonds. The van der Waals surface area contributed by atoms with Crippen LogP contribution >= 0.6 is 0 Å². The molecule has 1 aromatic rings. The first-order valence-electron chi connectivity index (χ1n) is 8.17. The molecule has 0 radical (unpaired) electrons. The van der Waals surface area contributed by atoms with Crippen molar-refractivity contribution in [1.82, 2.24) is 19.8 Å². The molecule has 4 nitrogen and oxygen atoms in total. The number of hydrogen-bond donors (Lipinski definition) is 1. The predicted octanol–water partition coefficient (Wildman–Crippen LogP) is 2.50. The zero-order valence-corrected chi connectivity index (χ0v) is 13.3. The summed E-state index contributed by atoms with van der Waals surface area (Å²) in [5.74, 6) is 1.87. The molecular formula is C16H30N4. The summed E-state index contributed by atoms with van der Waals surface area (Å²) in [5, 5.41) is 3.62. The SMILES string of the molecule is CCCn1ccnc1CNCC(C(C)C)N1CCCC1. The molecule has 1 unspecified atom stereocenters. The van der Waals surface area contributed by atoms with Gasteiger partial charge in [-0.15, -0.1) is 0 Å². The summed E-state index contributed by atoms with van der Waals surface area (Å²) in [5.41, 5.74) is 0. The van der Waals surface area contributed by atoms with Crippen molar-refractivity contribution in [2.75, 3.05) is 19.6 Å². The molecule has 1 atom stereocenters. The normalized spacial score (nSPS) is 18.0. The van der Waals surface area contributed by atoms with Gasteiger partial charge >= 0.3 is 0 Å². The third-order valence-corrected chi connectivity index (χ3v) is 4.28. The van der Waals surface area contributed by atoms with Crippen molar-refractivity contribution in [3.05, 3.63) is 18.2 Å². The van der Waals surface area contributed by atoms with Crippen LogP contribution in [-0.4, -0.2) is 40.1 Å². The summed E-state index contributed by atoms with van der Waals surface area (Å²) in [6.45, 7) is 12.4. The lowest BCUT2D eigenvalue weighted by atomic mass is 10.0. The molecular weight excluding hydrogens is 248 g/mol. The van der Waals surface area contributed by atoms with E-state index >= 15 is 0 Å². The van der Waals surface area contributed by atoms with E-state index in [-0.39, 0.29) is 0 Å². The van der Waals surface area contributed by atoms with Crippen molar-refractivity contribution in [2.24, 2.45) is 5.92 Å². The van der Waals surface area contributed by atoms with Gasteiger partial charge in [-0.25, -0.2) is 4.98 Å². The fourth-order valence-electron chi connectivity index (χ4n) is 3.14. The van der Waals surface area contributed by atoms with E-state index in [0.29, 0.717) is 12.0 Å². The van der Waals surface area contributed by atoms with Crippen molar-refractivity contribution < 1.29 is 0 Å². The maximum Gasteiger partial charge on any atom is 0.122 e. The molecule has 114 valence electrons. The second-order valence-electron chi connectivity index (χ2n) is 6.22. The fourth-order valence-corrected chi connectivity index (χ4v) is 3.14. The van der Waals surface area contributed by atoms with Crippen LogP contribution in [0.15, 0.2) is 12.4 Å². The molecule has 0 aliphatic carbocycles. The van der Waals surface area contributed by atoms with Gasteiger partial charge in [0.25, 0.3) is 0 Å². The van der Waals surface area contributed by atoms with Gasteiger partial charge in [0, 0.05) is 31.5 Å². The Morgan fingerprint density at radius 3 is 2.70 bits per heavy atom. The highest BCUT2D eigenvalue weighted by Crippen LogP contribution is 2.17.